The lowest BCUT2D eigenvalue weighted by molar-refractivity contribution is -0.112. The zero-order chi connectivity index (χ0) is 22.5. The Kier molecular flexibility index (Phi) is 6.24. The highest BCUT2D eigenvalue weighted by Crippen LogP contribution is 2.26. The third kappa shape index (κ3) is 4.82. The number of aliphatic hydroxyl groups excluding tert-OH is 1. The van der Waals surface area contributed by atoms with Crippen LogP contribution < -0.4 is 5.73 Å². The normalized spacial score (nSPS) is 12.4. The zero-order valence-electron chi connectivity index (χ0n) is 17.8. The summed E-state index contributed by atoms with van der Waals surface area (Å²) in [5, 5.41) is 10.6. The van der Waals surface area contributed by atoms with E-state index in [0.717, 1.165) is 16.7 Å². The van der Waals surface area contributed by atoms with Gasteiger partial charge in [0.2, 0.25) is 5.91 Å². The predicted molar refractivity (Wildman–Crippen MR) is 128 cm³/mol. The second kappa shape index (κ2) is 9.41. The molecule has 4 rings (SSSR count). The number of hydrogen-bond donors (Lipinski definition) is 2. The summed E-state index contributed by atoms with van der Waals surface area (Å²) in [6.07, 6.45) is 2.60. The van der Waals surface area contributed by atoms with Crippen LogP contribution in [0.2, 0.25) is 0 Å². The van der Waals surface area contributed by atoms with Crippen molar-refractivity contribution in [2.45, 2.75) is 13.0 Å². The molecular formula is C28H24N2O2. The fourth-order valence-electron chi connectivity index (χ4n) is 3.57. The lowest BCUT2D eigenvalue weighted by Gasteiger charge is -2.12. The molecule has 32 heavy (non-hydrogen) atoms. The first kappa shape index (κ1) is 21.2. The second-order valence-corrected chi connectivity index (χ2v) is 7.69. The first-order chi connectivity index (χ1) is 15.5. The van der Waals surface area contributed by atoms with Crippen molar-refractivity contribution < 1.29 is 9.90 Å². The third-order valence-electron chi connectivity index (χ3n) is 5.35. The Bertz CT molecular complexity index is 1240. The minimum absolute atomic E-state index is 0.407. The average molecular weight is 421 g/mol. The molecule has 4 aromatic rings. The molecule has 0 saturated carbocycles. The number of aliphatic hydroxyl groups is 1. The summed E-state index contributed by atoms with van der Waals surface area (Å²) >= 11 is 0. The second-order valence-electron chi connectivity index (χ2n) is 7.69. The number of primary amides is 1. The standard InChI is InChI=1S/C28H24N2O2/c1-19-8-10-21(11-9-19)24-6-4-5-20(17-24)18-25(28(29)32)22-12-14-23(15-13-22)27(31)26-7-2-3-16-30-26/h2-18,27,31H,1H3,(H2,29,32). The fourth-order valence-corrected chi connectivity index (χ4v) is 3.57. The molecule has 1 unspecified atom stereocenters. The summed E-state index contributed by atoms with van der Waals surface area (Å²) < 4.78 is 0. The maximum atomic E-state index is 12.2. The average Bonchev–Trinajstić information content (AvgIpc) is 2.83. The lowest BCUT2D eigenvalue weighted by atomic mass is 9.97. The Labute approximate surface area is 187 Å². The smallest absolute Gasteiger partial charge is 0.249 e. The summed E-state index contributed by atoms with van der Waals surface area (Å²) in [5.74, 6) is -0.510. The van der Waals surface area contributed by atoms with Gasteiger partial charge in [-0.15, -0.1) is 0 Å². The number of pyridine rings is 1. The lowest BCUT2D eigenvalue weighted by Crippen LogP contribution is -2.13. The van der Waals surface area contributed by atoms with E-state index >= 15 is 0 Å². The fraction of sp³-hybridized carbons (Fsp3) is 0.0714. The highest BCUT2D eigenvalue weighted by Gasteiger charge is 2.14. The first-order valence-electron chi connectivity index (χ1n) is 10.4. The summed E-state index contributed by atoms with van der Waals surface area (Å²) in [7, 11) is 0. The van der Waals surface area contributed by atoms with E-state index in [-0.39, 0.29) is 0 Å². The Morgan fingerprint density at radius 1 is 0.906 bits per heavy atom. The van der Waals surface area contributed by atoms with Crippen molar-refractivity contribution in [2.75, 3.05) is 0 Å². The quantitative estimate of drug-likeness (QED) is 0.334. The molecule has 0 aliphatic heterocycles. The number of aryl methyl sites for hydroxylation is 1. The van der Waals surface area contributed by atoms with E-state index in [2.05, 4.69) is 36.2 Å². The van der Waals surface area contributed by atoms with Crippen molar-refractivity contribution in [3.8, 4) is 11.1 Å². The highest BCUT2D eigenvalue weighted by atomic mass is 16.3. The summed E-state index contributed by atoms with van der Waals surface area (Å²) in [6.45, 7) is 2.06. The minimum atomic E-state index is -0.836. The van der Waals surface area contributed by atoms with Crippen molar-refractivity contribution in [1.29, 1.82) is 0 Å². The van der Waals surface area contributed by atoms with E-state index in [4.69, 9.17) is 5.73 Å². The SMILES string of the molecule is Cc1ccc(-c2cccc(C=C(C(N)=O)c3ccc(C(O)c4ccccn4)cc3)c2)cc1. The van der Waals surface area contributed by atoms with Crippen LogP contribution in [-0.2, 0) is 4.79 Å². The number of benzene rings is 3. The molecule has 0 saturated heterocycles. The van der Waals surface area contributed by atoms with Gasteiger partial charge in [0.15, 0.2) is 0 Å². The number of rotatable bonds is 6. The molecule has 3 aromatic carbocycles. The van der Waals surface area contributed by atoms with Crippen molar-refractivity contribution in [1.82, 2.24) is 4.98 Å². The van der Waals surface area contributed by atoms with Crippen LogP contribution in [0.4, 0.5) is 0 Å². The van der Waals surface area contributed by atoms with Gasteiger partial charge in [0, 0.05) is 11.8 Å². The molecule has 4 heteroatoms. The number of nitrogens with two attached hydrogens (primary N) is 1. The van der Waals surface area contributed by atoms with Crippen molar-refractivity contribution >= 4 is 17.6 Å². The number of carbonyl (C=O) groups is 1. The molecule has 0 bridgehead atoms. The third-order valence-corrected chi connectivity index (χ3v) is 5.35. The van der Waals surface area contributed by atoms with Gasteiger partial charge in [0.05, 0.1) is 5.69 Å². The van der Waals surface area contributed by atoms with Crippen LogP contribution in [0, 0.1) is 6.92 Å². The Hall–Kier alpha value is -4.02. The summed E-state index contributed by atoms with van der Waals surface area (Å²) in [4.78, 5) is 16.4. The van der Waals surface area contributed by atoms with Gasteiger partial charge in [-0.1, -0.05) is 78.4 Å². The van der Waals surface area contributed by atoms with E-state index in [1.807, 2.05) is 30.3 Å². The van der Waals surface area contributed by atoms with Gasteiger partial charge in [-0.2, -0.15) is 0 Å². The largest absolute Gasteiger partial charge is 0.382 e. The zero-order valence-corrected chi connectivity index (χ0v) is 17.8. The van der Waals surface area contributed by atoms with Gasteiger partial charge in [0.1, 0.15) is 6.10 Å². The number of carbonyl (C=O) groups excluding carboxylic acids is 1. The van der Waals surface area contributed by atoms with Crippen LogP contribution in [0.25, 0.3) is 22.8 Å². The molecule has 1 aromatic heterocycles. The molecule has 1 heterocycles. The van der Waals surface area contributed by atoms with Gasteiger partial charge in [-0.3, -0.25) is 9.78 Å². The summed E-state index contributed by atoms with van der Waals surface area (Å²) in [5.41, 5.74) is 12.3. The monoisotopic (exact) mass is 420 g/mol. The van der Waals surface area contributed by atoms with Crippen LogP contribution in [0.15, 0.2) is 97.2 Å². The molecule has 3 N–H and O–H groups in total. The van der Waals surface area contributed by atoms with Crippen molar-refractivity contribution in [2.24, 2.45) is 5.73 Å². The Morgan fingerprint density at radius 3 is 2.31 bits per heavy atom. The summed E-state index contributed by atoms with van der Waals surface area (Å²) in [6, 6.07) is 28.9. The van der Waals surface area contributed by atoms with E-state index in [0.29, 0.717) is 22.4 Å². The number of nitrogens with zero attached hydrogens (tertiary/aromatic N) is 1. The van der Waals surface area contributed by atoms with Gasteiger partial charge >= 0.3 is 0 Å². The highest BCUT2D eigenvalue weighted by molar-refractivity contribution is 6.23. The van der Waals surface area contributed by atoms with E-state index in [9.17, 15) is 9.90 Å². The molecule has 1 amide bonds. The molecule has 0 aliphatic carbocycles. The van der Waals surface area contributed by atoms with E-state index in [1.54, 1.807) is 48.7 Å². The van der Waals surface area contributed by atoms with E-state index in [1.165, 1.54) is 5.56 Å². The van der Waals surface area contributed by atoms with E-state index < -0.39 is 12.0 Å². The topological polar surface area (TPSA) is 76.2 Å². The maximum Gasteiger partial charge on any atom is 0.249 e. The van der Waals surface area contributed by atoms with Gasteiger partial charge in [-0.05, 0) is 59.0 Å². The van der Waals surface area contributed by atoms with Gasteiger partial charge in [-0.25, -0.2) is 0 Å². The van der Waals surface area contributed by atoms with Crippen LogP contribution in [0.1, 0.15) is 34.1 Å². The van der Waals surface area contributed by atoms with Crippen LogP contribution in [0.3, 0.4) is 0 Å². The first-order valence-corrected chi connectivity index (χ1v) is 10.4. The molecule has 4 nitrogen and oxygen atoms in total. The number of aromatic nitrogens is 1. The molecular weight excluding hydrogens is 396 g/mol. The molecule has 0 aliphatic rings. The molecule has 1 atom stereocenters. The van der Waals surface area contributed by atoms with Crippen molar-refractivity contribution in [3.63, 3.8) is 0 Å². The molecule has 0 spiro atoms. The predicted octanol–water partition coefficient (Wildman–Crippen LogP) is 5.16. The Morgan fingerprint density at radius 2 is 1.66 bits per heavy atom. The Balaban J connectivity index is 1.63. The maximum absolute atomic E-state index is 12.2. The van der Waals surface area contributed by atoms with Crippen LogP contribution >= 0.6 is 0 Å². The molecule has 0 fully saturated rings. The van der Waals surface area contributed by atoms with Crippen molar-refractivity contribution in [3.05, 3.63) is 125 Å². The van der Waals surface area contributed by atoms with Crippen LogP contribution in [-0.4, -0.2) is 16.0 Å². The molecule has 0 radical (unpaired) electrons. The minimum Gasteiger partial charge on any atom is -0.382 e. The van der Waals surface area contributed by atoms with Crippen LogP contribution in [0.5, 0.6) is 0 Å². The number of amides is 1. The van der Waals surface area contributed by atoms with Gasteiger partial charge in [0.25, 0.3) is 0 Å². The molecule has 158 valence electrons. The number of hydrogen-bond acceptors (Lipinski definition) is 3. The van der Waals surface area contributed by atoms with Gasteiger partial charge < -0.3 is 10.8 Å².